The highest BCUT2D eigenvalue weighted by Gasteiger charge is 2.26. The van der Waals surface area contributed by atoms with Crippen LogP contribution < -0.4 is 15.8 Å². The van der Waals surface area contributed by atoms with E-state index in [-0.39, 0.29) is 5.82 Å². The van der Waals surface area contributed by atoms with Gasteiger partial charge in [-0.2, -0.15) is 4.98 Å². The fourth-order valence-corrected chi connectivity index (χ4v) is 5.33. The number of fused-ring (bicyclic) bond motifs is 3. The molecule has 0 spiro atoms. The zero-order valence-electron chi connectivity index (χ0n) is 19.7. The lowest BCUT2D eigenvalue weighted by Crippen LogP contribution is -2.56. The molecule has 1 amide bonds. The lowest BCUT2D eigenvalue weighted by atomic mass is 9.97. The Morgan fingerprint density at radius 3 is 2.74 bits per heavy atom. The normalized spacial score (nSPS) is 15.2. The predicted molar refractivity (Wildman–Crippen MR) is 136 cm³/mol. The number of ether oxygens (including phenoxy) is 1. The summed E-state index contributed by atoms with van der Waals surface area (Å²) >= 11 is 1.75. The number of nitrogens with one attached hydrogen (secondary N) is 2. The van der Waals surface area contributed by atoms with Crippen LogP contribution in [-0.4, -0.2) is 77.7 Å². The van der Waals surface area contributed by atoms with Crippen LogP contribution in [0.2, 0.25) is 0 Å². The molecule has 1 aliphatic heterocycles. The Labute approximate surface area is 202 Å². The largest absolute Gasteiger partial charge is 0.479 e. The third-order valence-corrected chi connectivity index (χ3v) is 7.37. The van der Waals surface area contributed by atoms with Gasteiger partial charge >= 0.3 is 0 Å². The van der Waals surface area contributed by atoms with Crippen molar-refractivity contribution in [3.05, 3.63) is 28.4 Å². The van der Waals surface area contributed by atoms with Gasteiger partial charge in [-0.3, -0.25) is 4.79 Å². The Morgan fingerprint density at radius 2 is 2.06 bits per heavy atom. The topological polar surface area (TPSA) is 133 Å². The van der Waals surface area contributed by atoms with E-state index in [1.54, 1.807) is 35.7 Å². The highest BCUT2D eigenvalue weighted by molar-refractivity contribution is 7.19. The molecule has 11 heteroatoms. The van der Waals surface area contributed by atoms with E-state index in [1.165, 1.54) is 29.5 Å². The Kier molecular flexibility index (Phi) is 7.23. The van der Waals surface area contributed by atoms with Crippen molar-refractivity contribution < 1.29 is 9.53 Å². The molecule has 3 aromatic rings. The van der Waals surface area contributed by atoms with Crippen molar-refractivity contribution in [3.8, 4) is 5.88 Å². The summed E-state index contributed by atoms with van der Waals surface area (Å²) in [6, 6.07) is 2.34. The number of thiophene rings is 1. The third kappa shape index (κ3) is 4.80. The van der Waals surface area contributed by atoms with Crippen LogP contribution in [0.5, 0.6) is 5.88 Å². The Bertz CT molecular complexity index is 1190. The van der Waals surface area contributed by atoms with E-state index in [2.05, 4.69) is 25.2 Å². The first-order chi connectivity index (χ1) is 16.4. The molecule has 1 aliphatic carbocycles. The first-order valence-corrected chi connectivity index (χ1v) is 12.0. The van der Waals surface area contributed by atoms with Gasteiger partial charge < -0.3 is 31.0 Å². The number of nitrogens with zero attached hydrogens (tertiary/aromatic N) is 5. The van der Waals surface area contributed by atoms with Crippen molar-refractivity contribution >= 4 is 51.5 Å². The number of nitrogens with two attached hydrogens (primary N) is 1. The van der Waals surface area contributed by atoms with Gasteiger partial charge in [-0.25, -0.2) is 9.97 Å². The Balaban J connectivity index is 0.000000257. The summed E-state index contributed by atoms with van der Waals surface area (Å²) in [6.07, 6.45) is 8.24. The number of pyridine rings is 1. The number of nitrogen functional groups attached to an aromatic ring is 1. The predicted octanol–water partition coefficient (Wildman–Crippen LogP) is 2.69. The third-order valence-electron chi connectivity index (χ3n) is 6.17. The molecule has 34 heavy (non-hydrogen) atoms. The van der Waals surface area contributed by atoms with Crippen LogP contribution in [-0.2, 0) is 17.6 Å². The molecule has 180 valence electrons. The molecule has 1 fully saturated rings. The molecule has 0 radical (unpaired) electrons. The van der Waals surface area contributed by atoms with Gasteiger partial charge in [0.15, 0.2) is 0 Å². The van der Waals surface area contributed by atoms with Crippen LogP contribution in [0.4, 0.5) is 17.3 Å². The van der Waals surface area contributed by atoms with Gasteiger partial charge in [-0.1, -0.05) is 0 Å². The average Bonchev–Trinajstić information content (AvgIpc) is 3.19. The van der Waals surface area contributed by atoms with Crippen molar-refractivity contribution in [3.63, 3.8) is 0 Å². The summed E-state index contributed by atoms with van der Waals surface area (Å²) in [5, 5.41) is 11.9. The first kappa shape index (κ1) is 23.8. The van der Waals surface area contributed by atoms with E-state index in [0.29, 0.717) is 23.2 Å². The minimum atomic E-state index is 0.262. The summed E-state index contributed by atoms with van der Waals surface area (Å²) in [7, 11) is 5.61. The maximum absolute atomic E-state index is 10.1. The number of carbonyl (C=O) groups excluding carboxylic acids is 1. The highest BCUT2D eigenvalue weighted by atomic mass is 32.1. The van der Waals surface area contributed by atoms with E-state index < -0.39 is 0 Å². The SMILES string of the molecule is CN(C)C1CN(C=O)C1.COc1nc(N)c(C=N)cc1Nc1ncnc2sc3c(c12)CCCC3. The van der Waals surface area contributed by atoms with Crippen molar-refractivity contribution in [1.29, 1.82) is 5.41 Å². The molecular weight excluding hydrogens is 452 g/mol. The number of likely N-dealkylation sites (tertiary alicyclic amines) is 1. The lowest BCUT2D eigenvalue weighted by molar-refractivity contribution is -0.124. The summed E-state index contributed by atoms with van der Waals surface area (Å²) in [5.41, 5.74) is 8.35. The molecule has 0 aromatic carbocycles. The monoisotopic (exact) mass is 482 g/mol. The number of aromatic nitrogens is 3. The summed E-state index contributed by atoms with van der Waals surface area (Å²) in [4.78, 5) is 29.5. The van der Waals surface area contributed by atoms with Gasteiger partial charge in [0.05, 0.1) is 12.5 Å². The fourth-order valence-electron chi connectivity index (χ4n) is 4.10. The number of likely N-dealkylation sites (N-methyl/N-ethyl adjacent to an activating group) is 1. The van der Waals surface area contributed by atoms with E-state index in [1.807, 2.05) is 14.1 Å². The minimum absolute atomic E-state index is 0.262. The summed E-state index contributed by atoms with van der Waals surface area (Å²) in [5.74, 6) is 1.38. The van der Waals surface area contributed by atoms with Crippen LogP contribution in [0.15, 0.2) is 12.4 Å². The van der Waals surface area contributed by atoms with Gasteiger partial charge in [0.1, 0.15) is 28.5 Å². The number of anilines is 3. The Hall–Kier alpha value is -3.31. The number of methoxy groups -OCH3 is 1. The molecule has 0 atom stereocenters. The smallest absolute Gasteiger partial charge is 0.239 e. The average molecular weight is 483 g/mol. The highest BCUT2D eigenvalue weighted by Crippen LogP contribution is 2.39. The van der Waals surface area contributed by atoms with Crippen LogP contribution in [0, 0.1) is 5.41 Å². The number of hydrogen-bond acceptors (Lipinski definition) is 10. The standard InChI is InChI=1S/C17H18N6OS.C6H12N2O/c1-24-16-11(6-9(7-18)14(19)23-16)22-15-13-10-4-2-3-5-12(10)25-17(13)21-8-20-15;1-7(2)6-3-8(4-6)5-9/h6-8,18H,2-5H2,1H3,(H2,19,23)(H,20,21,22);5-6H,3-4H2,1-2H3. The van der Waals surface area contributed by atoms with Crippen LogP contribution >= 0.6 is 11.3 Å². The van der Waals surface area contributed by atoms with Crippen molar-refractivity contribution in [2.45, 2.75) is 31.7 Å². The first-order valence-electron chi connectivity index (χ1n) is 11.2. The van der Waals surface area contributed by atoms with E-state index >= 15 is 0 Å². The number of amides is 1. The van der Waals surface area contributed by atoms with Gasteiger partial charge in [-0.05, 0) is 51.4 Å². The quantitative estimate of drug-likeness (QED) is 0.361. The molecule has 2 aliphatic rings. The van der Waals surface area contributed by atoms with Crippen molar-refractivity contribution in [1.82, 2.24) is 24.8 Å². The van der Waals surface area contributed by atoms with E-state index in [0.717, 1.165) is 48.4 Å². The van der Waals surface area contributed by atoms with E-state index in [9.17, 15) is 4.79 Å². The zero-order chi connectivity index (χ0) is 24.2. The maximum Gasteiger partial charge on any atom is 0.239 e. The number of carbonyl (C=O) groups is 1. The molecule has 4 N–H and O–H groups in total. The number of aryl methyl sites for hydroxylation is 2. The van der Waals surface area contributed by atoms with Crippen molar-refractivity contribution in [2.24, 2.45) is 0 Å². The van der Waals surface area contributed by atoms with Gasteiger partial charge in [0, 0.05) is 35.8 Å². The molecule has 5 rings (SSSR count). The minimum Gasteiger partial charge on any atom is -0.479 e. The molecule has 0 saturated carbocycles. The van der Waals surface area contributed by atoms with Crippen LogP contribution in [0.3, 0.4) is 0 Å². The summed E-state index contributed by atoms with van der Waals surface area (Å²) < 4.78 is 5.33. The van der Waals surface area contributed by atoms with Crippen LogP contribution in [0.25, 0.3) is 10.2 Å². The molecule has 0 unspecified atom stereocenters. The van der Waals surface area contributed by atoms with E-state index in [4.69, 9.17) is 15.9 Å². The zero-order valence-corrected chi connectivity index (χ0v) is 20.5. The van der Waals surface area contributed by atoms with Gasteiger partial charge in [0.2, 0.25) is 12.3 Å². The second-order valence-corrected chi connectivity index (χ2v) is 9.66. The molecule has 0 bridgehead atoms. The number of rotatable bonds is 6. The molecule has 10 nitrogen and oxygen atoms in total. The molecule has 3 aromatic heterocycles. The lowest BCUT2D eigenvalue weighted by Gasteiger charge is -2.40. The molecular formula is C23H30N8O2S. The fraction of sp³-hybridized carbons (Fsp3) is 0.435. The van der Waals surface area contributed by atoms with Crippen molar-refractivity contribution in [2.75, 3.05) is 45.3 Å². The summed E-state index contributed by atoms with van der Waals surface area (Å²) in [6.45, 7) is 1.80. The van der Waals surface area contributed by atoms with Gasteiger partial charge in [-0.15, -0.1) is 11.3 Å². The van der Waals surface area contributed by atoms with Gasteiger partial charge in [0.25, 0.3) is 0 Å². The Morgan fingerprint density at radius 1 is 1.29 bits per heavy atom. The maximum atomic E-state index is 10.1. The molecule has 4 heterocycles. The van der Waals surface area contributed by atoms with Crippen LogP contribution in [0.1, 0.15) is 28.8 Å². The second-order valence-electron chi connectivity index (χ2n) is 8.58. The molecule has 1 saturated heterocycles. The second kappa shape index (κ2) is 10.3. The number of hydrogen-bond donors (Lipinski definition) is 3.